The summed E-state index contributed by atoms with van der Waals surface area (Å²) in [6.45, 7) is 3.26. The highest BCUT2D eigenvalue weighted by Crippen LogP contribution is 2.32. The van der Waals surface area contributed by atoms with Crippen LogP contribution in [0, 0.1) is 6.92 Å². The molecular weight excluding hydrogens is 348 g/mol. The van der Waals surface area contributed by atoms with E-state index in [-0.39, 0.29) is 11.7 Å². The second-order valence-electron chi connectivity index (χ2n) is 6.38. The molecule has 0 spiro atoms. The molecule has 6 heteroatoms. The van der Waals surface area contributed by atoms with E-state index in [1.807, 2.05) is 18.2 Å². The number of amides is 1. The van der Waals surface area contributed by atoms with Crippen LogP contribution in [0.4, 0.5) is 5.13 Å². The molecule has 3 aromatic rings. The number of rotatable bonds is 4. The topological polar surface area (TPSA) is 72.2 Å². The Labute approximate surface area is 155 Å². The lowest BCUT2D eigenvalue weighted by Crippen LogP contribution is -2.12. The summed E-state index contributed by atoms with van der Waals surface area (Å²) in [6.07, 6.45) is 3.17. The molecule has 0 saturated carbocycles. The van der Waals surface area contributed by atoms with Crippen molar-refractivity contribution in [3.63, 3.8) is 0 Å². The third kappa shape index (κ3) is 2.97. The summed E-state index contributed by atoms with van der Waals surface area (Å²) in [4.78, 5) is 30.3. The maximum absolute atomic E-state index is 12.7. The maximum atomic E-state index is 12.7. The lowest BCUT2D eigenvalue weighted by atomic mass is 10.0. The van der Waals surface area contributed by atoms with Crippen LogP contribution in [-0.4, -0.2) is 16.7 Å². The van der Waals surface area contributed by atoms with E-state index in [1.165, 1.54) is 11.8 Å². The minimum Gasteiger partial charge on any atom is -0.461 e. The number of anilines is 1. The highest BCUT2D eigenvalue weighted by Gasteiger charge is 2.21. The van der Waals surface area contributed by atoms with Gasteiger partial charge in [0, 0.05) is 16.0 Å². The van der Waals surface area contributed by atoms with Crippen LogP contribution in [0.5, 0.6) is 0 Å². The van der Waals surface area contributed by atoms with Crippen molar-refractivity contribution in [3.05, 3.63) is 57.8 Å². The van der Waals surface area contributed by atoms with Crippen LogP contribution in [0.3, 0.4) is 0 Å². The highest BCUT2D eigenvalue weighted by atomic mass is 32.1. The zero-order valence-electron chi connectivity index (χ0n) is 14.6. The number of furan rings is 1. The third-order valence-electron chi connectivity index (χ3n) is 4.55. The van der Waals surface area contributed by atoms with Gasteiger partial charge in [-0.2, -0.15) is 0 Å². The average Bonchev–Trinajstić information content (AvgIpc) is 3.29. The monoisotopic (exact) mass is 366 g/mol. The largest absolute Gasteiger partial charge is 0.461 e. The minimum atomic E-state index is -0.245. The van der Waals surface area contributed by atoms with E-state index in [0.717, 1.165) is 25.0 Å². The molecule has 0 bridgehead atoms. The molecule has 1 aromatic carbocycles. The molecule has 2 heterocycles. The number of nitrogens with zero attached hydrogens (tertiary/aromatic N) is 1. The number of fused-ring (bicyclic) bond motifs is 1. The number of aryl methyl sites for hydroxylation is 3. The van der Waals surface area contributed by atoms with Gasteiger partial charge in [-0.05, 0) is 39.2 Å². The Kier molecular flexibility index (Phi) is 4.20. The minimum absolute atomic E-state index is 0.0436. The Morgan fingerprint density at radius 2 is 2.00 bits per heavy atom. The van der Waals surface area contributed by atoms with E-state index in [9.17, 15) is 9.59 Å². The Bertz CT molecular complexity index is 994. The molecule has 1 aliphatic rings. The molecule has 0 atom stereocenters. The van der Waals surface area contributed by atoms with Crippen molar-refractivity contribution in [1.82, 2.24) is 4.98 Å². The van der Waals surface area contributed by atoms with Gasteiger partial charge >= 0.3 is 0 Å². The Hall–Kier alpha value is -2.73. The fourth-order valence-electron chi connectivity index (χ4n) is 3.25. The van der Waals surface area contributed by atoms with Crippen molar-refractivity contribution in [2.75, 3.05) is 5.32 Å². The number of carbonyl (C=O) groups excluding carboxylic acids is 2. The Balaban J connectivity index is 1.62. The van der Waals surface area contributed by atoms with Gasteiger partial charge in [-0.25, -0.2) is 4.98 Å². The molecule has 0 saturated heterocycles. The van der Waals surface area contributed by atoms with Crippen LogP contribution >= 0.6 is 11.3 Å². The zero-order valence-corrected chi connectivity index (χ0v) is 15.4. The summed E-state index contributed by atoms with van der Waals surface area (Å²) in [5, 5.41) is 3.50. The number of thiazole rings is 1. The van der Waals surface area contributed by atoms with Crippen LogP contribution < -0.4 is 5.32 Å². The normalized spacial score (nSPS) is 12.8. The first-order valence-electron chi connectivity index (χ1n) is 8.53. The first-order valence-corrected chi connectivity index (χ1v) is 9.35. The first-order chi connectivity index (χ1) is 12.5. The number of benzene rings is 1. The summed E-state index contributed by atoms with van der Waals surface area (Å²) >= 11 is 1.54. The van der Waals surface area contributed by atoms with E-state index >= 15 is 0 Å². The van der Waals surface area contributed by atoms with Crippen molar-refractivity contribution in [1.29, 1.82) is 0 Å². The Morgan fingerprint density at radius 1 is 1.19 bits per heavy atom. The quantitative estimate of drug-likeness (QED) is 0.682. The molecule has 1 aliphatic carbocycles. The molecule has 2 aromatic heterocycles. The van der Waals surface area contributed by atoms with E-state index in [4.69, 9.17) is 4.42 Å². The van der Waals surface area contributed by atoms with Crippen LogP contribution in [0.15, 0.2) is 34.7 Å². The van der Waals surface area contributed by atoms with Gasteiger partial charge in [-0.3, -0.25) is 14.9 Å². The summed E-state index contributed by atoms with van der Waals surface area (Å²) < 4.78 is 5.78. The van der Waals surface area contributed by atoms with E-state index in [1.54, 1.807) is 30.4 Å². The fraction of sp³-hybridized carbons (Fsp3) is 0.250. The average molecular weight is 366 g/mol. The molecule has 26 heavy (non-hydrogen) atoms. The number of Topliss-reactive ketones (excluding diaryl/α,β-unsaturated/α-hetero) is 1. The van der Waals surface area contributed by atoms with Gasteiger partial charge in [-0.1, -0.05) is 24.3 Å². The number of hydrogen-bond acceptors (Lipinski definition) is 5. The lowest BCUT2D eigenvalue weighted by Gasteiger charge is -2.02. The molecular formula is C20H18N2O3S. The molecule has 1 amide bonds. The highest BCUT2D eigenvalue weighted by molar-refractivity contribution is 7.16. The van der Waals surface area contributed by atoms with Crippen LogP contribution in [0.1, 0.15) is 50.4 Å². The molecule has 0 radical (unpaired) electrons. The van der Waals surface area contributed by atoms with Crippen molar-refractivity contribution < 1.29 is 14.0 Å². The van der Waals surface area contributed by atoms with Gasteiger partial charge in [-0.15, -0.1) is 11.3 Å². The van der Waals surface area contributed by atoms with Crippen molar-refractivity contribution in [2.24, 2.45) is 0 Å². The van der Waals surface area contributed by atoms with Crippen molar-refractivity contribution >= 4 is 28.2 Å². The van der Waals surface area contributed by atoms with E-state index in [2.05, 4.69) is 10.3 Å². The summed E-state index contributed by atoms with van der Waals surface area (Å²) in [6, 6.07) is 8.92. The number of nitrogens with one attached hydrogen (secondary N) is 1. The lowest BCUT2D eigenvalue weighted by molar-refractivity contribution is 0.101. The molecule has 0 aliphatic heterocycles. The fourth-order valence-corrected chi connectivity index (χ4v) is 4.30. The summed E-state index contributed by atoms with van der Waals surface area (Å²) in [5.74, 6) is 0.739. The van der Waals surface area contributed by atoms with E-state index < -0.39 is 0 Å². The molecule has 5 nitrogen and oxygen atoms in total. The summed E-state index contributed by atoms with van der Waals surface area (Å²) in [5.41, 5.74) is 2.82. The third-order valence-corrected chi connectivity index (χ3v) is 5.62. The smallest absolute Gasteiger partial charge is 0.261 e. The molecule has 1 N–H and O–H groups in total. The van der Waals surface area contributed by atoms with Gasteiger partial charge in [0.15, 0.2) is 10.9 Å². The first kappa shape index (κ1) is 16.7. The number of carbonyl (C=O) groups is 2. The summed E-state index contributed by atoms with van der Waals surface area (Å²) in [7, 11) is 0. The number of aromatic nitrogens is 1. The van der Waals surface area contributed by atoms with Crippen LogP contribution in [-0.2, 0) is 12.8 Å². The van der Waals surface area contributed by atoms with E-state index in [0.29, 0.717) is 33.3 Å². The molecule has 132 valence electrons. The van der Waals surface area contributed by atoms with Gasteiger partial charge in [0.1, 0.15) is 11.5 Å². The number of ketones is 1. The second kappa shape index (κ2) is 6.53. The van der Waals surface area contributed by atoms with Crippen molar-refractivity contribution in [2.45, 2.75) is 33.1 Å². The SMILES string of the molecule is CC(=O)c1ccccc1-c1cc(C(=O)Nc2nc3c(s2)CCC3)c(C)o1. The van der Waals surface area contributed by atoms with Crippen molar-refractivity contribution in [3.8, 4) is 11.3 Å². The van der Waals surface area contributed by atoms with Gasteiger partial charge in [0.25, 0.3) is 5.91 Å². The van der Waals surface area contributed by atoms with Gasteiger partial charge in [0.05, 0.1) is 11.3 Å². The van der Waals surface area contributed by atoms with Gasteiger partial charge < -0.3 is 4.42 Å². The predicted molar refractivity (Wildman–Crippen MR) is 101 cm³/mol. The zero-order chi connectivity index (χ0) is 18.3. The molecule has 0 unspecified atom stereocenters. The van der Waals surface area contributed by atoms with Crippen LogP contribution in [0.2, 0.25) is 0 Å². The number of hydrogen-bond donors (Lipinski definition) is 1. The Morgan fingerprint density at radius 3 is 2.77 bits per heavy atom. The maximum Gasteiger partial charge on any atom is 0.261 e. The van der Waals surface area contributed by atoms with Gasteiger partial charge in [0.2, 0.25) is 0 Å². The predicted octanol–water partition coefficient (Wildman–Crippen LogP) is 4.66. The molecule has 0 fully saturated rings. The van der Waals surface area contributed by atoms with Crippen LogP contribution in [0.25, 0.3) is 11.3 Å². The standard InChI is InChI=1S/C20H18N2O3S/c1-11(23)13-6-3-4-7-14(13)17-10-15(12(2)25-17)19(24)22-20-21-16-8-5-9-18(16)26-20/h3-4,6-7,10H,5,8-9H2,1-2H3,(H,21,22,24). The molecule has 4 rings (SSSR count). The second-order valence-corrected chi connectivity index (χ2v) is 7.46.